The van der Waals surface area contributed by atoms with Gasteiger partial charge in [-0.2, -0.15) is 5.26 Å². The number of fused-ring (bicyclic) bond motifs is 1. The standard InChI is InChI=1S/C17H18N4O2S/c1-3-4-12-9-16(20-17(19-12)24-8-7-18)21(2)13-5-6-14-15(10-13)23-11-22-14/h5-6,9-10H,3-4,8,11H2,1-2H3. The van der Waals surface area contributed by atoms with E-state index in [0.29, 0.717) is 10.9 Å². The maximum atomic E-state index is 8.78. The molecule has 0 aliphatic carbocycles. The molecular weight excluding hydrogens is 324 g/mol. The molecule has 6 nitrogen and oxygen atoms in total. The molecule has 1 aliphatic heterocycles. The van der Waals surface area contributed by atoms with Gasteiger partial charge >= 0.3 is 0 Å². The lowest BCUT2D eigenvalue weighted by Gasteiger charge is -2.20. The van der Waals surface area contributed by atoms with Crippen LogP contribution < -0.4 is 14.4 Å². The molecule has 3 rings (SSSR count). The topological polar surface area (TPSA) is 71.3 Å². The van der Waals surface area contributed by atoms with Crippen molar-refractivity contribution in [1.29, 1.82) is 5.26 Å². The van der Waals surface area contributed by atoms with Crippen LogP contribution >= 0.6 is 11.8 Å². The van der Waals surface area contributed by atoms with Crippen LogP contribution in [0.2, 0.25) is 0 Å². The Balaban J connectivity index is 1.91. The van der Waals surface area contributed by atoms with Crippen molar-refractivity contribution < 1.29 is 9.47 Å². The van der Waals surface area contributed by atoms with Crippen LogP contribution in [0.1, 0.15) is 19.0 Å². The van der Waals surface area contributed by atoms with Gasteiger partial charge in [0.15, 0.2) is 16.7 Å². The fraction of sp³-hybridized carbons (Fsp3) is 0.353. The molecule has 0 spiro atoms. The second kappa shape index (κ2) is 7.41. The van der Waals surface area contributed by atoms with Gasteiger partial charge in [-0.05, 0) is 18.6 Å². The average molecular weight is 342 g/mol. The van der Waals surface area contributed by atoms with Crippen LogP contribution in [0.5, 0.6) is 11.5 Å². The Hall–Kier alpha value is -2.46. The van der Waals surface area contributed by atoms with E-state index in [0.717, 1.165) is 41.5 Å². The number of hydrogen-bond donors (Lipinski definition) is 0. The molecule has 0 radical (unpaired) electrons. The lowest BCUT2D eigenvalue weighted by Crippen LogP contribution is -2.13. The van der Waals surface area contributed by atoms with E-state index in [1.54, 1.807) is 0 Å². The summed E-state index contributed by atoms with van der Waals surface area (Å²) in [5.41, 5.74) is 1.94. The molecule has 0 saturated heterocycles. The Bertz CT molecular complexity index is 776. The van der Waals surface area contributed by atoms with Gasteiger partial charge in [0.1, 0.15) is 5.82 Å². The fourth-order valence-electron chi connectivity index (χ4n) is 2.40. The van der Waals surface area contributed by atoms with Crippen molar-refractivity contribution >= 4 is 23.3 Å². The minimum atomic E-state index is 0.256. The zero-order chi connectivity index (χ0) is 16.9. The highest BCUT2D eigenvalue weighted by molar-refractivity contribution is 7.99. The normalized spacial score (nSPS) is 12.0. The monoisotopic (exact) mass is 342 g/mol. The first-order valence-electron chi connectivity index (χ1n) is 7.72. The number of nitrogens with zero attached hydrogens (tertiary/aromatic N) is 4. The largest absolute Gasteiger partial charge is 0.454 e. The zero-order valence-electron chi connectivity index (χ0n) is 13.7. The van der Waals surface area contributed by atoms with E-state index >= 15 is 0 Å². The molecule has 1 aromatic carbocycles. The molecule has 0 bridgehead atoms. The number of anilines is 2. The number of aromatic nitrogens is 2. The molecule has 2 heterocycles. The Morgan fingerprint density at radius 1 is 1.25 bits per heavy atom. The van der Waals surface area contributed by atoms with Crippen molar-refractivity contribution in [3.63, 3.8) is 0 Å². The zero-order valence-corrected chi connectivity index (χ0v) is 14.5. The predicted octanol–water partition coefficient (Wildman–Crippen LogP) is 3.54. The van der Waals surface area contributed by atoms with Crippen LogP contribution in [0, 0.1) is 11.3 Å². The highest BCUT2D eigenvalue weighted by Crippen LogP contribution is 2.36. The Morgan fingerprint density at radius 3 is 2.88 bits per heavy atom. The molecular formula is C17H18N4O2S. The smallest absolute Gasteiger partial charge is 0.231 e. The van der Waals surface area contributed by atoms with Gasteiger partial charge < -0.3 is 14.4 Å². The Kier molecular flexibility index (Phi) is 5.06. The molecule has 0 unspecified atom stereocenters. The van der Waals surface area contributed by atoms with Gasteiger partial charge in [0.2, 0.25) is 6.79 Å². The van der Waals surface area contributed by atoms with Crippen LogP contribution in [-0.4, -0.2) is 29.6 Å². The van der Waals surface area contributed by atoms with Crippen LogP contribution in [-0.2, 0) is 6.42 Å². The maximum absolute atomic E-state index is 8.78. The van der Waals surface area contributed by atoms with Gasteiger partial charge in [0, 0.05) is 30.6 Å². The van der Waals surface area contributed by atoms with E-state index in [1.807, 2.05) is 36.2 Å². The molecule has 0 atom stereocenters. The Morgan fingerprint density at radius 2 is 2.08 bits per heavy atom. The lowest BCUT2D eigenvalue weighted by atomic mass is 10.2. The SMILES string of the molecule is CCCc1cc(N(C)c2ccc3c(c2)OCO3)nc(SCC#N)n1. The second-order valence-corrected chi connectivity index (χ2v) is 6.24. The summed E-state index contributed by atoms with van der Waals surface area (Å²) in [5.74, 6) is 2.63. The summed E-state index contributed by atoms with van der Waals surface area (Å²) in [4.78, 5) is 11.1. The lowest BCUT2D eigenvalue weighted by molar-refractivity contribution is 0.174. The highest BCUT2D eigenvalue weighted by Gasteiger charge is 2.16. The summed E-state index contributed by atoms with van der Waals surface area (Å²) in [6, 6.07) is 9.91. The van der Waals surface area contributed by atoms with Crippen molar-refractivity contribution in [1.82, 2.24) is 9.97 Å². The summed E-state index contributed by atoms with van der Waals surface area (Å²) in [7, 11) is 1.95. The average Bonchev–Trinajstić information content (AvgIpc) is 3.07. The van der Waals surface area contributed by atoms with E-state index in [1.165, 1.54) is 11.8 Å². The fourth-order valence-corrected chi connectivity index (χ4v) is 2.94. The van der Waals surface area contributed by atoms with E-state index < -0.39 is 0 Å². The van der Waals surface area contributed by atoms with E-state index in [9.17, 15) is 0 Å². The molecule has 7 heteroatoms. The highest BCUT2D eigenvalue weighted by atomic mass is 32.2. The molecule has 124 valence electrons. The summed E-state index contributed by atoms with van der Waals surface area (Å²) >= 11 is 1.35. The molecule has 24 heavy (non-hydrogen) atoms. The van der Waals surface area contributed by atoms with Gasteiger partial charge in [0.05, 0.1) is 11.8 Å². The Labute approximate surface area is 145 Å². The van der Waals surface area contributed by atoms with Crippen LogP contribution in [0.3, 0.4) is 0 Å². The molecule has 0 saturated carbocycles. The van der Waals surface area contributed by atoms with E-state index in [-0.39, 0.29) is 6.79 Å². The number of nitriles is 1. The third-order valence-corrected chi connectivity index (χ3v) is 4.32. The number of rotatable bonds is 6. The van der Waals surface area contributed by atoms with Gasteiger partial charge in [-0.1, -0.05) is 25.1 Å². The summed E-state index contributed by atoms with van der Waals surface area (Å²) in [6.07, 6.45) is 1.89. The second-order valence-electron chi connectivity index (χ2n) is 5.29. The van der Waals surface area contributed by atoms with Crippen LogP contribution in [0.15, 0.2) is 29.4 Å². The molecule has 2 aromatic rings. The summed E-state index contributed by atoms with van der Waals surface area (Å²) < 4.78 is 10.8. The molecule has 0 amide bonds. The van der Waals surface area contributed by atoms with Gasteiger partial charge in [-0.3, -0.25) is 0 Å². The van der Waals surface area contributed by atoms with Gasteiger partial charge in [-0.15, -0.1) is 0 Å². The number of thioether (sulfide) groups is 1. The first-order valence-corrected chi connectivity index (χ1v) is 8.71. The van der Waals surface area contributed by atoms with Crippen molar-refractivity contribution in [3.8, 4) is 17.6 Å². The molecule has 1 aromatic heterocycles. The number of hydrogen-bond acceptors (Lipinski definition) is 7. The van der Waals surface area contributed by atoms with E-state index in [4.69, 9.17) is 14.7 Å². The summed E-state index contributed by atoms with van der Waals surface area (Å²) in [6.45, 7) is 2.37. The van der Waals surface area contributed by atoms with Crippen molar-refractivity contribution in [2.45, 2.75) is 24.9 Å². The van der Waals surface area contributed by atoms with Crippen LogP contribution in [0.4, 0.5) is 11.5 Å². The number of ether oxygens (including phenoxy) is 2. The maximum Gasteiger partial charge on any atom is 0.231 e. The number of benzene rings is 1. The summed E-state index contributed by atoms with van der Waals surface area (Å²) in [5, 5.41) is 9.41. The predicted molar refractivity (Wildman–Crippen MR) is 93.0 cm³/mol. The third kappa shape index (κ3) is 3.54. The molecule has 0 N–H and O–H groups in total. The number of aryl methyl sites for hydroxylation is 1. The van der Waals surface area contributed by atoms with E-state index in [2.05, 4.69) is 23.0 Å². The molecule has 0 fully saturated rings. The van der Waals surface area contributed by atoms with Gasteiger partial charge in [-0.25, -0.2) is 9.97 Å². The third-order valence-electron chi connectivity index (χ3n) is 3.60. The van der Waals surface area contributed by atoms with Crippen molar-refractivity contribution in [3.05, 3.63) is 30.0 Å². The van der Waals surface area contributed by atoms with Gasteiger partial charge in [0.25, 0.3) is 0 Å². The van der Waals surface area contributed by atoms with Crippen molar-refractivity contribution in [2.24, 2.45) is 0 Å². The first kappa shape index (κ1) is 16.4. The quantitative estimate of drug-likeness (QED) is 0.587. The minimum absolute atomic E-state index is 0.256. The van der Waals surface area contributed by atoms with Crippen LogP contribution in [0.25, 0.3) is 0 Å². The van der Waals surface area contributed by atoms with Crippen molar-refractivity contribution in [2.75, 3.05) is 24.5 Å². The molecule has 1 aliphatic rings. The minimum Gasteiger partial charge on any atom is -0.454 e. The first-order chi connectivity index (χ1) is 11.7.